The lowest BCUT2D eigenvalue weighted by Gasteiger charge is -2.65. The maximum absolute atomic E-state index is 11.9. The highest BCUT2D eigenvalue weighted by Crippen LogP contribution is 2.69. The highest BCUT2D eigenvalue weighted by Gasteiger charge is 2.66. The van der Waals surface area contributed by atoms with E-state index in [1.165, 1.54) is 51.4 Å². The molecular formula is C28H50O2. The Morgan fingerprint density at radius 2 is 1.60 bits per heavy atom. The molecule has 0 saturated heterocycles. The Balaban J connectivity index is 1.51. The molecule has 2 N–H and O–H groups in total. The van der Waals surface area contributed by atoms with Crippen LogP contribution in [0.3, 0.4) is 0 Å². The molecule has 4 saturated carbocycles. The van der Waals surface area contributed by atoms with Gasteiger partial charge in [0.15, 0.2) is 0 Å². The highest BCUT2D eigenvalue weighted by molar-refractivity contribution is 5.16. The van der Waals surface area contributed by atoms with E-state index < -0.39 is 5.60 Å². The molecule has 4 rings (SSSR count). The summed E-state index contributed by atoms with van der Waals surface area (Å²) in [4.78, 5) is 0. The van der Waals surface area contributed by atoms with E-state index in [0.717, 1.165) is 48.9 Å². The normalized spacial score (nSPS) is 51.9. The van der Waals surface area contributed by atoms with E-state index in [9.17, 15) is 10.2 Å². The first-order valence-corrected chi connectivity index (χ1v) is 13.4. The van der Waals surface area contributed by atoms with Crippen LogP contribution in [0.5, 0.6) is 0 Å². The van der Waals surface area contributed by atoms with Crippen LogP contribution >= 0.6 is 0 Å². The lowest BCUT2D eigenvalue weighted by Crippen LogP contribution is -2.66. The van der Waals surface area contributed by atoms with E-state index in [4.69, 9.17) is 0 Å². The van der Waals surface area contributed by atoms with Gasteiger partial charge in [-0.3, -0.25) is 0 Å². The van der Waals surface area contributed by atoms with Crippen molar-refractivity contribution in [1.29, 1.82) is 0 Å². The number of hydrogen-bond acceptors (Lipinski definition) is 2. The zero-order valence-corrected chi connectivity index (χ0v) is 20.8. The maximum atomic E-state index is 11.9. The molecule has 0 aliphatic heterocycles. The molecule has 0 aromatic heterocycles. The quantitative estimate of drug-likeness (QED) is 0.513. The second kappa shape index (κ2) is 8.05. The Labute approximate surface area is 186 Å². The molecule has 2 nitrogen and oxygen atoms in total. The summed E-state index contributed by atoms with van der Waals surface area (Å²) in [5.41, 5.74) is -0.150. The molecule has 2 heteroatoms. The lowest BCUT2D eigenvalue weighted by molar-refractivity contribution is -0.246. The van der Waals surface area contributed by atoms with Crippen LogP contribution in [0.4, 0.5) is 0 Å². The number of aliphatic hydroxyl groups is 2. The summed E-state index contributed by atoms with van der Waals surface area (Å²) in [6, 6.07) is 0. The van der Waals surface area contributed by atoms with Crippen LogP contribution in [0, 0.1) is 52.3 Å². The number of aliphatic hydroxyl groups excluding tert-OH is 1. The van der Waals surface area contributed by atoms with Crippen molar-refractivity contribution in [2.24, 2.45) is 52.3 Å². The second-order valence-electron chi connectivity index (χ2n) is 13.2. The van der Waals surface area contributed by atoms with Crippen molar-refractivity contribution < 1.29 is 10.2 Å². The van der Waals surface area contributed by atoms with Gasteiger partial charge in [0.2, 0.25) is 0 Å². The molecule has 174 valence electrons. The summed E-state index contributed by atoms with van der Waals surface area (Å²) in [7, 11) is 0. The third-order valence-corrected chi connectivity index (χ3v) is 11.6. The Bertz CT molecular complexity index is 616. The van der Waals surface area contributed by atoms with Gasteiger partial charge in [-0.25, -0.2) is 0 Å². The average Bonchev–Trinajstić information content (AvgIpc) is 3.04. The van der Waals surface area contributed by atoms with Crippen molar-refractivity contribution in [2.45, 2.75) is 124 Å². The minimum Gasteiger partial charge on any atom is -0.393 e. The Kier molecular flexibility index (Phi) is 6.20. The van der Waals surface area contributed by atoms with Crippen LogP contribution in [-0.4, -0.2) is 21.9 Å². The summed E-state index contributed by atoms with van der Waals surface area (Å²) in [6.45, 7) is 14.4. The molecule has 0 unspecified atom stereocenters. The van der Waals surface area contributed by atoms with Crippen LogP contribution in [0.15, 0.2) is 0 Å². The van der Waals surface area contributed by atoms with E-state index in [1.807, 2.05) is 0 Å². The Morgan fingerprint density at radius 3 is 2.30 bits per heavy atom. The first-order valence-electron chi connectivity index (χ1n) is 13.4. The summed E-state index contributed by atoms with van der Waals surface area (Å²) in [5, 5.41) is 22.4. The van der Waals surface area contributed by atoms with Gasteiger partial charge >= 0.3 is 0 Å². The van der Waals surface area contributed by atoms with Gasteiger partial charge in [-0.15, -0.1) is 0 Å². The zero-order chi connectivity index (χ0) is 21.9. The molecule has 30 heavy (non-hydrogen) atoms. The molecular weight excluding hydrogens is 368 g/mol. The first kappa shape index (κ1) is 23.1. The summed E-state index contributed by atoms with van der Waals surface area (Å²) >= 11 is 0. The number of rotatable bonds is 5. The monoisotopic (exact) mass is 418 g/mol. The van der Waals surface area contributed by atoms with Crippen molar-refractivity contribution in [1.82, 2.24) is 0 Å². The summed E-state index contributed by atoms with van der Waals surface area (Å²) in [6.07, 6.45) is 13.3. The molecule has 10 atom stereocenters. The molecule has 0 aromatic rings. The van der Waals surface area contributed by atoms with E-state index in [0.29, 0.717) is 11.3 Å². The topological polar surface area (TPSA) is 40.5 Å². The van der Waals surface area contributed by atoms with E-state index >= 15 is 0 Å². The largest absolute Gasteiger partial charge is 0.393 e. The first-order chi connectivity index (χ1) is 14.0. The summed E-state index contributed by atoms with van der Waals surface area (Å²) in [5.74, 6) is 4.91. The fraction of sp³-hybridized carbons (Fsp3) is 1.00. The minimum absolute atomic E-state index is 0.00311. The zero-order valence-electron chi connectivity index (χ0n) is 20.8. The van der Waals surface area contributed by atoms with Crippen molar-refractivity contribution in [3.05, 3.63) is 0 Å². The van der Waals surface area contributed by atoms with Gasteiger partial charge in [-0.2, -0.15) is 0 Å². The van der Waals surface area contributed by atoms with Gasteiger partial charge < -0.3 is 10.2 Å². The van der Waals surface area contributed by atoms with E-state index in [1.54, 1.807) is 0 Å². The predicted molar refractivity (Wildman–Crippen MR) is 125 cm³/mol. The van der Waals surface area contributed by atoms with Gasteiger partial charge in [-0.1, -0.05) is 60.8 Å². The molecule has 0 spiro atoms. The fourth-order valence-electron chi connectivity index (χ4n) is 9.66. The fourth-order valence-corrected chi connectivity index (χ4v) is 9.66. The average molecular weight is 419 g/mol. The third-order valence-electron chi connectivity index (χ3n) is 11.6. The number of fused-ring (bicyclic) bond motifs is 5. The van der Waals surface area contributed by atoms with Crippen LogP contribution in [0.1, 0.15) is 112 Å². The van der Waals surface area contributed by atoms with Crippen molar-refractivity contribution >= 4 is 0 Å². The van der Waals surface area contributed by atoms with Gasteiger partial charge in [0.05, 0.1) is 11.7 Å². The molecule has 0 radical (unpaired) electrons. The molecule has 0 heterocycles. The lowest BCUT2D eigenvalue weighted by atomic mass is 9.41. The standard InChI is InChI=1S/C28H50O2/c1-18(2)8-7-9-19(3)22-10-11-23-21-12-17-28(30)20(4)25(29)14-16-27(28,6)24(21)13-15-26(22,23)5/h18-25,29-30H,7-17H2,1-6H3/t19-,20-,21-,22+,23-,24-,25-,26+,27+,28+/m0/s1. The van der Waals surface area contributed by atoms with Crippen molar-refractivity contribution in [2.75, 3.05) is 0 Å². The molecule has 0 amide bonds. The second-order valence-corrected chi connectivity index (χ2v) is 13.2. The van der Waals surface area contributed by atoms with Crippen molar-refractivity contribution in [3.8, 4) is 0 Å². The smallest absolute Gasteiger partial charge is 0.0753 e. The van der Waals surface area contributed by atoms with E-state index in [2.05, 4.69) is 41.5 Å². The molecule has 0 aromatic carbocycles. The molecule has 4 fully saturated rings. The van der Waals surface area contributed by atoms with Gasteiger partial charge in [0, 0.05) is 5.92 Å². The van der Waals surface area contributed by atoms with Crippen LogP contribution < -0.4 is 0 Å². The van der Waals surface area contributed by atoms with Crippen molar-refractivity contribution in [3.63, 3.8) is 0 Å². The van der Waals surface area contributed by atoms with Gasteiger partial charge in [-0.05, 0) is 97.7 Å². The molecule has 4 aliphatic rings. The predicted octanol–water partition coefficient (Wildman–Crippen LogP) is 6.83. The Hall–Kier alpha value is -0.0800. The summed E-state index contributed by atoms with van der Waals surface area (Å²) < 4.78 is 0. The van der Waals surface area contributed by atoms with Crippen LogP contribution in [0.2, 0.25) is 0 Å². The number of hydrogen-bond donors (Lipinski definition) is 2. The van der Waals surface area contributed by atoms with Crippen LogP contribution in [0.25, 0.3) is 0 Å². The van der Waals surface area contributed by atoms with Gasteiger partial charge in [0.25, 0.3) is 0 Å². The molecule has 0 bridgehead atoms. The van der Waals surface area contributed by atoms with Crippen LogP contribution in [-0.2, 0) is 0 Å². The molecule has 4 aliphatic carbocycles. The van der Waals surface area contributed by atoms with Gasteiger partial charge in [0.1, 0.15) is 0 Å². The third kappa shape index (κ3) is 3.33. The SMILES string of the molecule is CC(C)CCC[C@H](C)[C@H]1CC[C@H]2[C@@H]3CC[C@@]4(O)[C@@H](C)[C@@H](O)CC[C@]4(C)[C@H]3CC[C@]12C. The highest BCUT2D eigenvalue weighted by atomic mass is 16.3. The minimum atomic E-state index is -0.665. The Morgan fingerprint density at radius 1 is 0.867 bits per heavy atom. The maximum Gasteiger partial charge on any atom is 0.0753 e. The van der Waals surface area contributed by atoms with E-state index in [-0.39, 0.29) is 17.4 Å².